The fraction of sp³-hybridized carbons (Fsp3) is 0.565. The van der Waals surface area contributed by atoms with Crippen LogP contribution in [0.15, 0.2) is 24.3 Å². The van der Waals surface area contributed by atoms with Gasteiger partial charge in [-0.2, -0.15) is 0 Å². The molecular weight excluding hydrogens is 378 g/mol. The van der Waals surface area contributed by atoms with Crippen molar-refractivity contribution in [3.63, 3.8) is 0 Å². The van der Waals surface area contributed by atoms with Crippen molar-refractivity contribution >= 4 is 11.8 Å². The predicted octanol–water partition coefficient (Wildman–Crippen LogP) is 3.51. The number of aryl methyl sites for hydroxylation is 1. The maximum absolute atomic E-state index is 12.8. The molecule has 0 bridgehead atoms. The number of nitrogens with one attached hydrogen (secondary N) is 2. The lowest BCUT2D eigenvalue weighted by Crippen LogP contribution is -2.44. The smallest absolute Gasteiger partial charge is 0.291 e. The second-order valence-corrected chi connectivity index (χ2v) is 8.81. The lowest BCUT2D eigenvalue weighted by Gasteiger charge is -2.29. The minimum Gasteiger partial charge on any atom is -0.354 e. The molecule has 1 aromatic carbocycles. The minimum atomic E-state index is -0.284. The highest BCUT2D eigenvalue weighted by Crippen LogP contribution is 2.25. The van der Waals surface area contributed by atoms with Crippen LogP contribution in [-0.2, 0) is 4.79 Å². The number of para-hydroxylation sites is 1. The maximum Gasteiger partial charge on any atom is 0.291 e. The second kappa shape index (κ2) is 9.41. The molecule has 1 fully saturated rings. The molecule has 2 aromatic rings. The molecule has 2 N–H and O–H groups in total. The largest absolute Gasteiger partial charge is 0.354 e. The van der Waals surface area contributed by atoms with Gasteiger partial charge in [-0.05, 0) is 57.6 Å². The Morgan fingerprint density at radius 1 is 1.13 bits per heavy atom. The van der Waals surface area contributed by atoms with E-state index in [0.717, 1.165) is 30.5 Å². The van der Waals surface area contributed by atoms with Crippen LogP contribution in [0.2, 0.25) is 0 Å². The molecule has 1 aliphatic carbocycles. The van der Waals surface area contributed by atoms with Crippen LogP contribution < -0.4 is 10.6 Å². The van der Waals surface area contributed by atoms with Gasteiger partial charge in [-0.3, -0.25) is 9.59 Å². The molecule has 162 valence electrons. The van der Waals surface area contributed by atoms with Crippen LogP contribution in [0.4, 0.5) is 0 Å². The summed E-state index contributed by atoms with van der Waals surface area (Å²) in [5.41, 5.74) is 2.10. The highest BCUT2D eigenvalue weighted by atomic mass is 16.2. The van der Waals surface area contributed by atoms with Crippen molar-refractivity contribution in [2.75, 3.05) is 0 Å². The first-order valence-corrected chi connectivity index (χ1v) is 10.9. The first-order valence-electron chi connectivity index (χ1n) is 10.9. The molecule has 0 aliphatic heterocycles. The molecule has 0 saturated heterocycles. The third-order valence-electron chi connectivity index (χ3n) is 5.57. The van der Waals surface area contributed by atoms with Gasteiger partial charge in [-0.1, -0.05) is 38.5 Å². The number of carbonyl (C=O) groups is 2. The van der Waals surface area contributed by atoms with E-state index in [-0.39, 0.29) is 35.6 Å². The van der Waals surface area contributed by atoms with E-state index < -0.39 is 0 Å². The Labute approximate surface area is 178 Å². The third-order valence-corrected chi connectivity index (χ3v) is 5.57. The molecule has 1 aromatic heterocycles. The molecule has 0 spiro atoms. The van der Waals surface area contributed by atoms with Gasteiger partial charge >= 0.3 is 0 Å². The quantitative estimate of drug-likeness (QED) is 0.761. The van der Waals surface area contributed by atoms with E-state index in [1.807, 2.05) is 39.0 Å². The lowest BCUT2D eigenvalue weighted by molar-refractivity contribution is -0.126. The van der Waals surface area contributed by atoms with Gasteiger partial charge in [0.2, 0.25) is 11.7 Å². The molecule has 0 radical (unpaired) electrons. The Kier molecular flexibility index (Phi) is 6.90. The highest BCUT2D eigenvalue weighted by Gasteiger charge is 2.29. The molecule has 3 rings (SSSR count). The third kappa shape index (κ3) is 5.07. The standard InChI is InChI=1S/C23H33N5O2/c1-14(2)19-11-6-7-12-20(19)28-16(5)25-21(27-28)23(30)26-18-10-8-9-17(13-18)22(29)24-15(3)4/h6-7,11-12,14-15,17-18H,8-10,13H2,1-5H3,(H,24,29)(H,26,30). The van der Waals surface area contributed by atoms with E-state index in [1.165, 1.54) is 0 Å². The first-order chi connectivity index (χ1) is 14.3. The minimum absolute atomic E-state index is 0.0376. The van der Waals surface area contributed by atoms with E-state index in [2.05, 4.69) is 40.6 Å². The van der Waals surface area contributed by atoms with Crippen molar-refractivity contribution in [3.05, 3.63) is 41.5 Å². The van der Waals surface area contributed by atoms with Gasteiger partial charge in [0.05, 0.1) is 5.69 Å². The highest BCUT2D eigenvalue weighted by molar-refractivity contribution is 5.90. The van der Waals surface area contributed by atoms with Crippen LogP contribution in [0.5, 0.6) is 0 Å². The monoisotopic (exact) mass is 411 g/mol. The summed E-state index contributed by atoms with van der Waals surface area (Å²) in [6, 6.07) is 8.13. The molecule has 2 atom stereocenters. The summed E-state index contributed by atoms with van der Waals surface area (Å²) >= 11 is 0. The summed E-state index contributed by atoms with van der Waals surface area (Å²) in [6.07, 6.45) is 3.31. The zero-order chi connectivity index (χ0) is 21.8. The normalized spacial score (nSPS) is 19.2. The molecule has 1 heterocycles. The first kappa shape index (κ1) is 22.0. The number of benzene rings is 1. The summed E-state index contributed by atoms with van der Waals surface area (Å²) in [7, 11) is 0. The maximum atomic E-state index is 12.8. The van der Waals surface area contributed by atoms with Crippen molar-refractivity contribution < 1.29 is 9.59 Å². The number of hydrogen-bond acceptors (Lipinski definition) is 4. The molecule has 7 heteroatoms. The van der Waals surface area contributed by atoms with Gasteiger partial charge in [0, 0.05) is 18.0 Å². The number of nitrogens with zero attached hydrogens (tertiary/aromatic N) is 3. The summed E-state index contributed by atoms with van der Waals surface area (Å²) < 4.78 is 1.74. The van der Waals surface area contributed by atoms with Gasteiger partial charge < -0.3 is 10.6 Å². The van der Waals surface area contributed by atoms with Crippen LogP contribution in [0.25, 0.3) is 5.69 Å². The average molecular weight is 412 g/mol. The SMILES string of the molecule is Cc1nc(C(=O)NC2CCCC(C(=O)NC(C)C)C2)nn1-c1ccccc1C(C)C. The Balaban J connectivity index is 1.71. The van der Waals surface area contributed by atoms with Gasteiger partial charge in [0.25, 0.3) is 5.91 Å². The van der Waals surface area contributed by atoms with Gasteiger partial charge in [0.1, 0.15) is 5.82 Å². The molecule has 7 nitrogen and oxygen atoms in total. The number of aromatic nitrogens is 3. The van der Waals surface area contributed by atoms with Crippen molar-refractivity contribution in [2.45, 2.75) is 78.3 Å². The molecular formula is C23H33N5O2. The Hall–Kier alpha value is -2.70. The summed E-state index contributed by atoms with van der Waals surface area (Å²) in [4.78, 5) is 29.6. The number of rotatable bonds is 6. The van der Waals surface area contributed by atoms with Crippen LogP contribution in [-0.4, -0.2) is 38.7 Å². The predicted molar refractivity (Wildman–Crippen MR) is 117 cm³/mol. The number of amides is 2. The van der Waals surface area contributed by atoms with Crippen LogP contribution >= 0.6 is 0 Å². The molecule has 1 saturated carbocycles. The van der Waals surface area contributed by atoms with E-state index in [0.29, 0.717) is 18.2 Å². The van der Waals surface area contributed by atoms with E-state index in [9.17, 15) is 9.59 Å². The Bertz CT molecular complexity index is 903. The van der Waals surface area contributed by atoms with Crippen molar-refractivity contribution in [3.8, 4) is 5.69 Å². The zero-order valence-electron chi connectivity index (χ0n) is 18.6. The summed E-state index contributed by atoms with van der Waals surface area (Å²) in [5.74, 6) is 0.905. The van der Waals surface area contributed by atoms with E-state index >= 15 is 0 Å². The van der Waals surface area contributed by atoms with Crippen LogP contribution in [0.1, 0.15) is 81.3 Å². The average Bonchev–Trinajstić information content (AvgIpc) is 3.09. The molecule has 30 heavy (non-hydrogen) atoms. The molecule has 2 unspecified atom stereocenters. The van der Waals surface area contributed by atoms with Gasteiger partial charge in [-0.25, -0.2) is 9.67 Å². The van der Waals surface area contributed by atoms with E-state index in [4.69, 9.17) is 0 Å². The zero-order valence-corrected chi connectivity index (χ0v) is 18.6. The lowest BCUT2D eigenvalue weighted by atomic mass is 9.85. The Morgan fingerprint density at radius 2 is 1.87 bits per heavy atom. The van der Waals surface area contributed by atoms with Gasteiger partial charge in [0.15, 0.2) is 0 Å². The topological polar surface area (TPSA) is 88.9 Å². The van der Waals surface area contributed by atoms with Crippen molar-refractivity contribution in [2.24, 2.45) is 5.92 Å². The summed E-state index contributed by atoms with van der Waals surface area (Å²) in [5, 5.41) is 10.5. The number of hydrogen-bond donors (Lipinski definition) is 2. The van der Waals surface area contributed by atoms with Gasteiger partial charge in [-0.15, -0.1) is 5.10 Å². The molecule has 1 aliphatic rings. The fourth-order valence-electron chi connectivity index (χ4n) is 4.09. The van der Waals surface area contributed by atoms with Crippen molar-refractivity contribution in [1.82, 2.24) is 25.4 Å². The molecule has 2 amide bonds. The van der Waals surface area contributed by atoms with Crippen LogP contribution in [0.3, 0.4) is 0 Å². The van der Waals surface area contributed by atoms with Crippen molar-refractivity contribution in [1.29, 1.82) is 0 Å². The second-order valence-electron chi connectivity index (χ2n) is 8.81. The fourth-order valence-corrected chi connectivity index (χ4v) is 4.09. The van der Waals surface area contributed by atoms with Crippen LogP contribution in [0, 0.1) is 12.8 Å². The summed E-state index contributed by atoms with van der Waals surface area (Å²) in [6.45, 7) is 10.0. The number of carbonyl (C=O) groups excluding carboxylic acids is 2. The van der Waals surface area contributed by atoms with E-state index in [1.54, 1.807) is 4.68 Å². The Morgan fingerprint density at radius 3 is 2.57 bits per heavy atom.